The third kappa shape index (κ3) is 43.1. The smallest absolute Gasteiger partial charge is 0.306 e. The molecule has 0 aliphatic carbocycles. The first-order chi connectivity index (χ1) is 28.4. The summed E-state index contributed by atoms with van der Waals surface area (Å²) in [6.45, 7) is 3.77. The molecule has 10 nitrogen and oxygen atoms in total. The van der Waals surface area contributed by atoms with E-state index in [-0.39, 0.29) is 32.2 Å². The second-order valence-corrected chi connectivity index (χ2v) is 17.3. The largest absolute Gasteiger partial charge is 0.756 e. The molecule has 338 valence electrons. The summed E-state index contributed by atoms with van der Waals surface area (Å²) in [5.41, 5.74) is 0. The number of phosphoric ester groups is 1. The number of quaternary nitrogens is 1. The van der Waals surface area contributed by atoms with Crippen LogP contribution in [0.2, 0.25) is 0 Å². The molecule has 0 aliphatic rings. The standard InChI is InChI=1S/C48H82NO9P/c1-6-8-9-10-11-12-13-14-17-21-24-27-30-33-36-39-47(51)55-43-46(44-57-59(53,54)56-42-41-49(3,4)5)58-48(52)40-37-34-31-28-25-22-19-16-15-18-20-23-26-29-32-35-38-45(50)7-2/h14-17,20,22-23,25,29,31-32,34-35,38,45-46,50H,6-13,18-19,21,24,26-28,30,33,36-37,39-44H2,1-5H3/b16-15-,17-14-,23-20-,25-22-,32-29-,34-31-,38-35+. The number of esters is 2. The Hall–Kier alpha value is -2.85. The summed E-state index contributed by atoms with van der Waals surface area (Å²) in [5, 5.41) is 9.48. The number of aliphatic hydroxyl groups excluding tert-OH is 1. The summed E-state index contributed by atoms with van der Waals surface area (Å²) in [7, 11) is 1.08. The minimum absolute atomic E-state index is 0.0556. The molecule has 59 heavy (non-hydrogen) atoms. The maximum atomic E-state index is 12.6. The number of phosphoric acid groups is 1. The van der Waals surface area contributed by atoms with Gasteiger partial charge >= 0.3 is 11.9 Å². The number of rotatable bonds is 39. The number of nitrogens with zero attached hydrogens (tertiary/aromatic N) is 1. The van der Waals surface area contributed by atoms with Crippen LogP contribution >= 0.6 is 7.82 Å². The highest BCUT2D eigenvalue weighted by molar-refractivity contribution is 7.45. The zero-order valence-electron chi connectivity index (χ0n) is 37.5. The van der Waals surface area contributed by atoms with Crippen LogP contribution in [0, 0.1) is 0 Å². The molecule has 0 amide bonds. The number of carbonyl (C=O) groups is 2. The third-order valence-electron chi connectivity index (χ3n) is 9.07. The minimum atomic E-state index is -4.66. The van der Waals surface area contributed by atoms with Crippen LogP contribution in [-0.2, 0) is 32.7 Å². The van der Waals surface area contributed by atoms with Gasteiger partial charge in [-0.15, -0.1) is 0 Å². The first kappa shape index (κ1) is 56.1. The molecule has 0 radical (unpaired) electrons. The van der Waals surface area contributed by atoms with Crippen molar-refractivity contribution in [3.8, 4) is 0 Å². The van der Waals surface area contributed by atoms with E-state index < -0.39 is 32.5 Å². The Bertz CT molecular complexity index is 1300. The molecular weight excluding hydrogens is 765 g/mol. The molecule has 0 fully saturated rings. The molecule has 0 saturated heterocycles. The molecule has 1 N–H and O–H groups in total. The molecule has 3 unspecified atom stereocenters. The quantitative estimate of drug-likeness (QED) is 0.0160. The van der Waals surface area contributed by atoms with Gasteiger partial charge in [0.25, 0.3) is 7.82 Å². The van der Waals surface area contributed by atoms with Gasteiger partial charge in [0, 0.05) is 12.8 Å². The van der Waals surface area contributed by atoms with Crippen molar-refractivity contribution in [1.82, 2.24) is 0 Å². The van der Waals surface area contributed by atoms with E-state index in [4.69, 9.17) is 18.5 Å². The maximum Gasteiger partial charge on any atom is 0.306 e. The summed E-state index contributed by atoms with van der Waals surface area (Å²) in [6.07, 6.45) is 47.2. The predicted octanol–water partition coefficient (Wildman–Crippen LogP) is 11.1. The van der Waals surface area contributed by atoms with E-state index in [0.29, 0.717) is 23.9 Å². The van der Waals surface area contributed by atoms with Gasteiger partial charge in [0.2, 0.25) is 0 Å². The molecule has 0 rings (SSSR count). The molecule has 11 heteroatoms. The lowest BCUT2D eigenvalue weighted by Gasteiger charge is -2.28. The van der Waals surface area contributed by atoms with E-state index >= 15 is 0 Å². The second-order valence-electron chi connectivity index (χ2n) is 15.9. The van der Waals surface area contributed by atoms with Gasteiger partial charge in [-0.25, -0.2) is 0 Å². The third-order valence-corrected chi connectivity index (χ3v) is 10.0. The minimum Gasteiger partial charge on any atom is -0.756 e. The maximum absolute atomic E-state index is 12.6. The SMILES string of the molecule is CCCCCCCC/C=C\CCCCCCCC(=O)OCC(COP(=O)([O-])OCC[N+](C)(C)C)OC(=O)CC/C=C\C/C=C\C/C=C\C/C=C\C/C=C\C=C\C(O)CC. The highest BCUT2D eigenvalue weighted by atomic mass is 31.2. The second kappa shape index (κ2) is 39.3. The van der Waals surface area contributed by atoms with E-state index in [2.05, 4.69) is 55.5 Å². The summed E-state index contributed by atoms with van der Waals surface area (Å²) in [4.78, 5) is 37.5. The van der Waals surface area contributed by atoms with E-state index in [1.54, 1.807) is 6.08 Å². The first-order valence-electron chi connectivity index (χ1n) is 22.4. The van der Waals surface area contributed by atoms with Crippen LogP contribution in [0.4, 0.5) is 0 Å². The predicted molar refractivity (Wildman–Crippen MR) is 242 cm³/mol. The Kier molecular flexibility index (Phi) is 37.4. The van der Waals surface area contributed by atoms with Crippen LogP contribution in [0.5, 0.6) is 0 Å². The topological polar surface area (TPSA) is 131 Å². The van der Waals surface area contributed by atoms with Crippen molar-refractivity contribution >= 4 is 19.8 Å². The summed E-state index contributed by atoms with van der Waals surface area (Å²) in [6, 6.07) is 0. The number of aliphatic hydroxyl groups is 1. The molecule has 0 bridgehead atoms. The van der Waals surface area contributed by atoms with E-state index in [9.17, 15) is 24.2 Å². The zero-order valence-corrected chi connectivity index (χ0v) is 38.4. The number of ether oxygens (including phenoxy) is 2. The monoisotopic (exact) mass is 848 g/mol. The fourth-order valence-electron chi connectivity index (χ4n) is 5.39. The van der Waals surface area contributed by atoms with E-state index in [1.165, 1.54) is 44.9 Å². The molecule has 0 spiro atoms. The number of likely N-dealkylation sites (N-methyl/N-ethyl adjacent to an activating group) is 1. The molecule has 0 aromatic rings. The van der Waals surface area contributed by atoms with Crippen LogP contribution in [-0.4, -0.2) is 81.2 Å². The molecule has 0 aliphatic heterocycles. The Morgan fingerprint density at radius 2 is 1.15 bits per heavy atom. The van der Waals surface area contributed by atoms with E-state index in [0.717, 1.165) is 64.2 Å². The highest BCUT2D eigenvalue weighted by Gasteiger charge is 2.21. The van der Waals surface area contributed by atoms with E-state index in [1.807, 2.05) is 58.4 Å². The Morgan fingerprint density at radius 3 is 1.73 bits per heavy atom. The number of hydrogen-bond donors (Lipinski definition) is 1. The van der Waals surface area contributed by atoms with Gasteiger partial charge in [-0.2, -0.15) is 0 Å². The lowest BCUT2D eigenvalue weighted by molar-refractivity contribution is -0.870. The Balaban J connectivity index is 4.53. The van der Waals surface area contributed by atoms with Gasteiger partial charge in [0.1, 0.15) is 19.8 Å². The Labute approximate surface area is 359 Å². The van der Waals surface area contributed by atoms with Crippen LogP contribution < -0.4 is 4.89 Å². The molecule has 0 aromatic heterocycles. The average Bonchev–Trinajstić information content (AvgIpc) is 3.19. The van der Waals surface area contributed by atoms with Crippen LogP contribution in [0.1, 0.15) is 149 Å². The van der Waals surface area contributed by atoms with Crippen molar-refractivity contribution in [2.24, 2.45) is 0 Å². The van der Waals surface area contributed by atoms with Gasteiger partial charge in [-0.05, 0) is 70.6 Å². The number of unbranched alkanes of at least 4 members (excludes halogenated alkanes) is 11. The van der Waals surface area contributed by atoms with Crippen LogP contribution in [0.25, 0.3) is 0 Å². The highest BCUT2D eigenvalue weighted by Crippen LogP contribution is 2.38. The lowest BCUT2D eigenvalue weighted by atomic mass is 10.1. The average molecular weight is 848 g/mol. The Morgan fingerprint density at radius 1 is 0.627 bits per heavy atom. The molecule has 0 heterocycles. The normalized spacial score (nSPS) is 14.9. The van der Waals surface area contributed by atoms with Gasteiger partial charge in [-0.3, -0.25) is 14.2 Å². The van der Waals surface area contributed by atoms with Crippen molar-refractivity contribution in [2.75, 3.05) is 47.5 Å². The van der Waals surface area contributed by atoms with Gasteiger partial charge < -0.3 is 33.0 Å². The number of carbonyl (C=O) groups excluding carboxylic acids is 2. The number of hydrogen-bond acceptors (Lipinski definition) is 9. The van der Waals surface area contributed by atoms with Crippen molar-refractivity contribution in [1.29, 1.82) is 0 Å². The molecule has 0 aromatic carbocycles. The lowest BCUT2D eigenvalue weighted by Crippen LogP contribution is -2.37. The molecular formula is C48H82NO9P. The zero-order chi connectivity index (χ0) is 43.7. The van der Waals surface area contributed by atoms with Crippen molar-refractivity contribution < 1.29 is 47.2 Å². The van der Waals surface area contributed by atoms with Crippen LogP contribution in [0.3, 0.4) is 0 Å². The van der Waals surface area contributed by atoms with Crippen molar-refractivity contribution in [3.63, 3.8) is 0 Å². The van der Waals surface area contributed by atoms with Gasteiger partial charge in [0.15, 0.2) is 6.10 Å². The number of allylic oxidation sites excluding steroid dienone is 13. The first-order valence-corrected chi connectivity index (χ1v) is 23.9. The van der Waals surface area contributed by atoms with Gasteiger partial charge in [-0.1, -0.05) is 150 Å². The molecule has 0 saturated carbocycles. The summed E-state index contributed by atoms with van der Waals surface area (Å²) in [5.74, 6) is -0.966. The van der Waals surface area contributed by atoms with Crippen molar-refractivity contribution in [3.05, 3.63) is 85.1 Å². The fourth-order valence-corrected chi connectivity index (χ4v) is 6.12. The summed E-state index contributed by atoms with van der Waals surface area (Å²) >= 11 is 0. The van der Waals surface area contributed by atoms with Crippen molar-refractivity contribution in [2.45, 2.75) is 161 Å². The van der Waals surface area contributed by atoms with Crippen LogP contribution in [0.15, 0.2) is 85.1 Å². The summed E-state index contributed by atoms with van der Waals surface area (Å²) < 4.78 is 33.8. The fraction of sp³-hybridized carbons (Fsp3) is 0.667. The van der Waals surface area contributed by atoms with Gasteiger partial charge in [0.05, 0.1) is 33.9 Å². The molecule has 3 atom stereocenters.